The van der Waals surface area contributed by atoms with Crippen LogP contribution in [0.5, 0.6) is 0 Å². The predicted octanol–water partition coefficient (Wildman–Crippen LogP) is 11.8. The van der Waals surface area contributed by atoms with Gasteiger partial charge in [-0.25, -0.2) is 0 Å². The van der Waals surface area contributed by atoms with Crippen molar-refractivity contribution < 1.29 is 0 Å². The topological polar surface area (TPSA) is 22.8 Å². The van der Waals surface area contributed by atoms with Crippen LogP contribution in [0, 0.1) is 6.92 Å². The summed E-state index contributed by atoms with van der Waals surface area (Å²) in [5.41, 5.74) is 13.5. The van der Waals surface area contributed by atoms with E-state index in [4.69, 9.17) is 0 Å². The minimum absolute atomic E-state index is 0.0674. The van der Waals surface area contributed by atoms with Crippen molar-refractivity contribution in [2.24, 2.45) is 0 Å². The van der Waals surface area contributed by atoms with Gasteiger partial charge < -0.3 is 9.13 Å². The van der Waals surface area contributed by atoms with Gasteiger partial charge in [-0.15, -0.1) is 0 Å². The highest BCUT2D eigenvalue weighted by Crippen LogP contribution is 2.40. The Balaban J connectivity index is 1.37. The first kappa shape index (κ1) is 29.3. The molecule has 0 saturated heterocycles. The van der Waals surface area contributed by atoms with Gasteiger partial charge in [-0.2, -0.15) is 0 Å². The Hall–Kier alpha value is -5.15. The van der Waals surface area contributed by atoms with Crippen LogP contribution in [0.4, 0.5) is 0 Å². The Labute approximate surface area is 277 Å². The van der Waals surface area contributed by atoms with Gasteiger partial charge in [0.2, 0.25) is 0 Å². The summed E-state index contributed by atoms with van der Waals surface area (Å²) in [6.07, 6.45) is 3.95. The second kappa shape index (κ2) is 10.4. The van der Waals surface area contributed by atoms with Crippen LogP contribution in [0.15, 0.2) is 122 Å². The SMILES string of the molecule is Cc1ccc(-n2c3ccccc3c3cc(C(C)(C)C)ccc32)cc1-c1cnccc1-n1c2ccccc2c2cc(C(C)(C)C)ccc21. The number of para-hydroxylation sites is 2. The fourth-order valence-corrected chi connectivity index (χ4v) is 7.25. The van der Waals surface area contributed by atoms with Gasteiger partial charge in [-0.3, -0.25) is 4.98 Å². The van der Waals surface area contributed by atoms with Crippen molar-refractivity contribution in [3.63, 3.8) is 0 Å². The van der Waals surface area contributed by atoms with E-state index in [1.807, 2.05) is 12.4 Å². The Bertz CT molecular complexity index is 2490. The van der Waals surface area contributed by atoms with Crippen LogP contribution < -0.4 is 0 Å². The van der Waals surface area contributed by atoms with E-state index in [1.165, 1.54) is 65.9 Å². The molecule has 3 heteroatoms. The van der Waals surface area contributed by atoms with Crippen molar-refractivity contribution >= 4 is 43.6 Å². The van der Waals surface area contributed by atoms with Crippen molar-refractivity contribution in [3.05, 3.63) is 138 Å². The average molecular weight is 612 g/mol. The minimum atomic E-state index is 0.0674. The Morgan fingerprint density at radius 3 is 1.62 bits per heavy atom. The molecule has 3 nitrogen and oxygen atoms in total. The highest BCUT2D eigenvalue weighted by atomic mass is 15.0. The summed E-state index contributed by atoms with van der Waals surface area (Å²) < 4.78 is 4.85. The number of rotatable bonds is 3. The van der Waals surface area contributed by atoms with Crippen LogP contribution in [0.25, 0.3) is 66.1 Å². The molecule has 5 aromatic carbocycles. The molecule has 0 unspecified atom stereocenters. The molecule has 0 aliphatic heterocycles. The lowest BCUT2D eigenvalue weighted by Crippen LogP contribution is -2.10. The quantitative estimate of drug-likeness (QED) is 0.195. The number of benzene rings is 5. The fraction of sp³-hybridized carbons (Fsp3) is 0.205. The second-order valence-electron chi connectivity index (χ2n) is 15.1. The molecule has 0 spiro atoms. The molecule has 3 aromatic heterocycles. The van der Waals surface area contributed by atoms with E-state index < -0.39 is 0 Å². The average Bonchev–Trinajstić information content (AvgIpc) is 3.56. The van der Waals surface area contributed by atoms with Gasteiger partial charge in [0.25, 0.3) is 0 Å². The third-order valence-electron chi connectivity index (χ3n) is 9.89. The maximum absolute atomic E-state index is 4.68. The molecule has 8 rings (SSSR count). The second-order valence-corrected chi connectivity index (χ2v) is 15.1. The molecule has 0 radical (unpaired) electrons. The van der Waals surface area contributed by atoms with E-state index in [0.717, 1.165) is 16.9 Å². The Morgan fingerprint density at radius 2 is 1.02 bits per heavy atom. The summed E-state index contributed by atoms with van der Waals surface area (Å²) in [7, 11) is 0. The van der Waals surface area contributed by atoms with Gasteiger partial charge in [-0.1, -0.05) is 96.1 Å². The van der Waals surface area contributed by atoms with Crippen LogP contribution in [0.1, 0.15) is 58.2 Å². The fourth-order valence-electron chi connectivity index (χ4n) is 7.25. The smallest absolute Gasteiger partial charge is 0.0571 e. The summed E-state index contributed by atoms with van der Waals surface area (Å²) >= 11 is 0. The molecule has 0 fully saturated rings. The molecular formula is C44H41N3. The normalized spacial score (nSPS) is 12.6. The van der Waals surface area contributed by atoms with Gasteiger partial charge in [0, 0.05) is 45.2 Å². The van der Waals surface area contributed by atoms with Crippen molar-refractivity contribution in [2.75, 3.05) is 0 Å². The molecule has 232 valence electrons. The summed E-state index contributed by atoms with van der Waals surface area (Å²) in [4.78, 5) is 4.68. The van der Waals surface area contributed by atoms with Gasteiger partial charge >= 0.3 is 0 Å². The number of pyridine rings is 1. The summed E-state index contributed by atoms with van der Waals surface area (Å²) in [6.45, 7) is 15.9. The van der Waals surface area contributed by atoms with Crippen molar-refractivity contribution in [2.45, 2.75) is 59.3 Å². The van der Waals surface area contributed by atoms with E-state index in [1.54, 1.807) is 0 Å². The number of hydrogen-bond acceptors (Lipinski definition) is 1. The lowest BCUT2D eigenvalue weighted by atomic mass is 9.86. The van der Waals surface area contributed by atoms with Gasteiger partial charge in [-0.05, 0) is 94.6 Å². The number of hydrogen-bond donors (Lipinski definition) is 0. The molecule has 47 heavy (non-hydrogen) atoms. The van der Waals surface area contributed by atoms with E-state index in [0.29, 0.717) is 0 Å². The standard InChI is InChI=1S/C44H41N3/c1-28-16-19-31(46-38-14-10-8-12-32(38)35-24-29(43(2,3)4)17-20-40(35)46)26-34(28)37-27-45-23-22-42(37)47-39-15-11-9-13-33(39)36-25-30(44(5,6)7)18-21-41(36)47/h8-27H,1-7H3. The maximum atomic E-state index is 4.68. The van der Waals surface area contributed by atoms with Crippen LogP contribution >= 0.6 is 0 Å². The van der Waals surface area contributed by atoms with E-state index >= 15 is 0 Å². The Morgan fingerprint density at radius 1 is 0.489 bits per heavy atom. The van der Waals surface area contributed by atoms with E-state index in [9.17, 15) is 0 Å². The third kappa shape index (κ3) is 4.67. The van der Waals surface area contributed by atoms with E-state index in [2.05, 4.69) is 172 Å². The highest BCUT2D eigenvalue weighted by Gasteiger charge is 2.22. The molecule has 0 bridgehead atoms. The highest BCUT2D eigenvalue weighted by molar-refractivity contribution is 6.11. The predicted molar refractivity (Wildman–Crippen MR) is 200 cm³/mol. The summed E-state index contributed by atoms with van der Waals surface area (Å²) in [5, 5.41) is 5.11. The third-order valence-corrected chi connectivity index (χ3v) is 9.89. The van der Waals surface area contributed by atoms with E-state index in [-0.39, 0.29) is 10.8 Å². The van der Waals surface area contributed by atoms with Crippen molar-refractivity contribution in [1.82, 2.24) is 14.1 Å². The monoisotopic (exact) mass is 611 g/mol. The maximum Gasteiger partial charge on any atom is 0.0571 e. The lowest BCUT2D eigenvalue weighted by Gasteiger charge is -2.20. The summed E-state index contributed by atoms with van der Waals surface area (Å²) in [6, 6.07) is 40.5. The number of aryl methyl sites for hydroxylation is 1. The summed E-state index contributed by atoms with van der Waals surface area (Å²) in [5.74, 6) is 0. The van der Waals surface area contributed by atoms with Crippen LogP contribution in [0.3, 0.4) is 0 Å². The first-order chi connectivity index (χ1) is 22.5. The first-order valence-corrected chi connectivity index (χ1v) is 16.6. The molecular weight excluding hydrogens is 571 g/mol. The number of nitrogens with zero attached hydrogens (tertiary/aromatic N) is 3. The molecule has 3 heterocycles. The number of aromatic nitrogens is 3. The molecule has 0 N–H and O–H groups in total. The minimum Gasteiger partial charge on any atom is -0.309 e. The van der Waals surface area contributed by atoms with Crippen LogP contribution in [-0.2, 0) is 10.8 Å². The lowest BCUT2D eigenvalue weighted by molar-refractivity contribution is 0.591. The zero-order valence-corrected chi connectivity index (χ0v) is 28.4. The first-order valence-electron chi connectivity index (χ1n) is 16.6. The molecule has 0 aliphatic rings. The molecule has 0 saturated carbocycles. The van der Waals surface area contributed by atoms with Crippen molar-refractivity contribution in [1.29, 1.82) is 0 Å². The molecule has 8 aromatic rings. The van der Waals surface area contributed by atoms with Gasteiger partial charge in [0.1, 0.15) is 0 Å². The largest absolute Gasteiger partial charge is 0.309 e. The van der Waals surface area contributed by atoms with Crippen molar-refractivity contribution in [3.8, 4) is 22.5 Å². The molecule has 0 atom stereocenters. The number of fused-ring (bicyclic) bond motifs is 6. The molecule has 0 aliphatic carbocycles. The zero-order chi connectivity index (χ0) is 32.7. The zero-order valence-electron chi connectivity index (χ0n) is 28.4. The van der Waals surface area contributed by atoms with Gasteiger partial charge in [0.05, 0.1) is 27.8 Å². The van der Waals surface area contributed by atoms with Crippen LogP contribution in [-0.4, -0.2) is 14.1 Å². The Kier molecular flexibility index (Phi) is 6.50. The van der Waals surface area contributed by atoms with Gasteiger partial charge in [0.15, 0.2) is 0 Å². The van der Waals surface area contributed by atoms with Crippen LogP contribution in [0.2, 0.25) is 0 Å². The molecule has 0 amide bonds.